The van der Waals surface area contributed by atoms with Crippen molar-refractivity contribution in [3.8, 4) is 0 Å². The van der Waals surface area contributed by atoms with Gasteiger partial charge in [0.25, 0.3) is 0 Å². The molecule has 6 nitrogen and oxygen atoms in total. The van der Waals surface area contributed by atoms with Crippen LogP contribution in [-0.4, -0.2) is 40.5 Å². The van der Waals surface area contributed by atoms with Crippen molar-refractivity contribution in [1.29, 1.82) is 0 Å². The first kappa shape index (κ1) is 18.6. The van der Waals surface area contributed by atoms with Crippen molar-refractivity contribution in [3.05, 3.63) is 51.7 Å². The molecule has 0 spiro atoms. The van der Waals surface area contributed by atoms with Crippen LogP contribution >= 0.6 is 11.3 Å². The van der Waals surface area contributed by atoms with Gasteiger partial charge in [-0.1, -0.05) is 24.3 Å². The molecule has 0 aliphatic rings. The number of rotatable bonds is 7. The standard InChI is InChI=1S/C16H20N2O4S2/c1-18(2)11-13-7-5-4-6-12(13)10-17-24(20,21)14-8-9-23-15(14)16(19)22-3/h4-9,17H,10-11H2,1-3H3. The van der Waals surface area contributed by atoms with Gasteiger partial charge in [0.05, 0.1) is 7.11 Å². The monoisotopic (exact) mass is 368 g/mol. The fourth-order valence-electron chi connectivity index (χ4n) is 2.23. The molecular formula is C16H20N2O4S2. The Bertz CT molecular complexity index is 813. The van der Waals surface area contributed by atoms with Crippen molar-refractivity contribution in [2.24, 2.45) is 0 Å². The molecule has 0 aliphatic heterocycles. The first-order chi connectivity index (χ1) is 11.3. The number of benzene rings is 1. The molecular weight excluding hydrogens is 348 g/mol. The zero-order chi connectivity index (χ0) is 17.7. The molecule has 0 bridgehead atoms. The Morgan fingerprint density at radius 1 is 1.21 bits per heavy atom. The van der Waals surface area contributed by atoms with Gasteiger partial charge >= 0.3 is 5.97 Å². The van der Waals surface area contributed by atoms with E-state index in [2.05, 4.69) is 9.46 Å². The molecule has 1 aromatic carbocycles. The highest BCUT2D eigenvalue weighted by Crippen LogP contribution is 2.23. The minimum Gasteiger partial charge on any atom is -0.465 e. The average Bonchev–Trinajstić information content (AvgIpc) is 3.03. The van der Waals surface area contributed by atoms with E-state index in [1.807, 2.05) is 43.3 Å². The Hall–Kier alpha value is -1.74. The maximum absolute atomic E-state index is 12.5. The van der Waals surface area contributed by atoms with Crippen LogP contribution in [0.15, 0.2) is 40.6 Å². The van der Waals surface area contributed by atoms with Gasteiger partial charge in [-0.2, -0.15) is 0 Å². The molecule has 0 aliphatic carbocycles. The summed E-state index contributed by atoms with van der Waals surface area (Å²) in [5, 5.41) is 1.56. The first-order valence-electron chi connectivity index (χ1n) is 7.22. The van der Waals surface area contributed by atoms with Crippen molar-refractivity contribution in [3.63, 3.8) is 0 Å². The predicted molar refractivity (Wildman–Crippen MR) is 93.5 cm³/mol. The minimum absolute atomic E-state index is 0.0514. The molecule has 0 saturated heterocycles. The zero-order valence-electron chi connectivity index (χ0n) is 13.8. The quantitative estimate of drug-likeness (QED) is 0.757. The highest BCUT2D eigenvalue weighted by molar-refractivity contribution is 7.89. The van der Waals surface area contributed by atoms with Gasteiger partial charge in [0.1, 0.15) is 9.77 Å². The third kappa shape index (κ3) is 4.41. The maximum atomic E-state index is 12.5. The molecule has 0 unspecified atom stereocenters. The number of hydrogen-bond donors (Lipinski definition) is 1. The van der Waals surface area contributed by atoms with Gasteiger partial charge in [0.15, 0.2) is 0 Å². The molecule has 1 N–H and O–H groups in total. The maximum Gasteiger partial charge on any atom is 0.349 e. The summed E-state index contributed by atoms with van der Waals surface area (Å²) in [6.45, 7) is 0.868. The molecule has 0 fully saturated rings. The summed E-state index contributed by atoms with van der Waals surface area (Å²) in [7, 11) is 1.33. The smallest absolute Gasteiger partial charge is 0.349 e. The lowest BCUT2D eigenvalue weighted by Crippen LogP contribution is -2.25. The molecule has 0 radical (unpaired) electrons. The number of thiophene rings is 1. The lowest BCUT2D eigenvalue weighted by Gasteiger charge is -2.14. The fraction of sp³-hybridized carbons (Fsp3) is 0.312. The lowest BCUT2D eigenvalue weighted by molar-refractivity contribution is 0.0602. The Morgan fingerprint density at radius 3 is 2.50 bits per heavy atom. The second-order valence-corrected chi connectivity index (χ2v) is 8.09. The third-order valence-electron chi connectivity index (χ3n) is 3.35. The van der Waals surface area contributed by atoms with E-state index in [1.54, 1.807) is 5.38 Å². The Kier molecular flexibility index (Phi) is 6.11. The van der Waals surface area contributed by atoms with Crippen LogP contribution in [0.2, 0.25) is 0 Å². The van der Waals surface area contributed by atoms with Crippen molar-refractivity contribution >= 4 is 27.3 Å². The summed E-state index contributed by atoms with van der Waals surface area (Å²) < 4.78 is 32.2. The molecule has 24 heavy (non-hydrogen) atoms. The van der Waals surface area contributed by atoms with Crippen molar-refractivity contribution in [1.82, 2.24) is 9.62 Å². The number of methoxy groups -OCH3 is 1. The average molecular weight is 368 g/mol. The van der Waals surface area contributed by atoms with Gasteiger partial charge in [-0.3, -0.25) is 0 Å². The molecule has 2 aromatic rings. The van der Waals surface area contributed by atoms with Crippen molar-refractivity contribution in [2.45, 2.75) is 18.0 Å². The van der Waals surface area contributed by atoms with Gasteiger partial charge < -0.3 is 9.64 Å². The van der Waals surface area contributed by atoms with Crippen LogP contribution in [0.4, 0.5) is 0 Å². The summed E-state index contributed by atoms with van der Waals surface area (Å²) in [6.07, 6.45) is 0. The molecule has 130 valence electrons. The van der Waals surface area contributed by atoms with E-state index in [1.165, 1.54) is 13.2 Å². The predicted octanol–water partition coefficient (Wildman–Crippen LogP) is 2.07. The summed E-state index contributed by atoms with van der Waals surface area (Å²) in [4.78, 5) is 13.7. The summed E-state index contributed by atoms with van der Waals surface area (Å²) in [5.41, 5.74) is 1.94. The Morgan fingerprint density at radius 2 is 1.88 bits per heavy atom. The fourth-order valence-corrected chi connectivity index (χ4v) is 4.57. The highest BCUT2D eigenvalue weighted by atomic mass is 32.2. The van der Waals surface area contributed by atoms with E-state index >= 15 is 0 Å². The lowest BCUT2D eigenvalue weighted by atomic mass is 10.1. The van der Waals surface area contributed by atoms with E-state index in [0.717, 1.165) is 22.5 Å². The molecule has 0 saturated carbocycles. The first-order valence-corrected chi connectivity index (χ1v) is 9.58. The minimum atomic E-state index is -3.80. The van der Waals surface area contributed by atoms with Gasteiger partial charge in [-0.15, -0.1) is 11.3 Å². The number of carbonyl (C=O) groups is 1. The van der Waals surface area contributed by atoms with Crippen LogP contribution in [0.3, 0.4) is 0 Å². The van der Waals surface area contributed by atoms with Gasteiger partial charge in [0.2, 0.25) is 10.0 Å². The van der Waals surface area contributed by atoms with Crippen LogP contribution in [0, 0.1) is 0 Å². The van der Waals surface area contributed by atoms with E-state index in [-0.39, 0.29) is 16.3 Å². The molecule has 0 atom stereocenters. The summed E-state index contributed by atoms with van der Waals surface area (Å²) in [6, 6.07) is 9.05. The van der Waals surface area contributed by atoms with Gasteiger partial charge in [-0.25, -0.2) is 17.9 Å². The van der Waals surface area contributed by atoms with Crippen LogP contribution < -0.4 is 4.72 Å². The highest BCUT2D eigenvalue weighted by Gasteiger charge is 2.24. The number of sulfonamides is 1. The van der Waals surface area contributed by atoms with Gasteiger partial charge in [-0.05, 0) is 36.7 Å². The summed E-state index contributed by atoms with van der Waals surface area (Å²) >= 11 is 1.04. The zero-order valence-corrected chi connectivity index (χ0v) is 15.4. The van der Waals surface area contributed by atoms with Crippen LogP contribution in [-0.2, 0) is 27.8 Å². The van der Waals surface area contributed by atoms with Crippen molar-refractivity contribution < 1.29 is 17.9 Å². The molecule has 2 rings (SSSR count). The Labute approximate surface area is 146 Å². The van der Waals surface area contributed by atoms with Crippen LogP contribution in [0.1, 0.15) is 20.8 Å². The van der Waals surface area contributed by atoms with E-state index in [4.69, 9.17) is 0 Å². The topological polar surface area (TPSA) is 75.7 Å². The third-order valence-corrected chi connectivity index (χ3v) is 5.81. The van der Waals surface area contributed by atoms with Gasteiger partial charge in [0, 0.05) is 13.1 Å². The van der Waals surface area contributed by atoms with E-state index in [0.29, 0.717) is 6.54 Å². The number of nitrogens with zero attached hydrogens (tertiary/aromatic N) is 1. The summed E-state index contributed by atoms with van der Waals surface area (Å²) in [5.74, 6) is -0.654. The number of nitrogens with one attached hydrogen (secondary N) is 1. The Balaban J connectivity index is 2.20. The molecule has 8 heteroatoms. The number of carbonyl (C=O) groups excluding carboxylic acids is 1. The van der Waals surface area contributed by atoms with E-state index < -0.39 is 16.0 Å². The molecule has 1 heterocycles. The van der Waals surface area contributed by atoms with E-state index in [9.17, 15) is 13.2 Å². The number of hydrogen-bond acceptors (Lipinski definition) is 6. The van der Waals surface area contributed by atoms with Crippen LogP contribution in [0.5, 0.6) is 0 Å². The SMILES string of the molecule is COC(=O)c1sccc1S(=O)(=O)NCc1ccccc1CN(C)C. The number of esters is 1. The second-order valence-electron chi connectivity index (χ2n) is 5.44. The van der Waals surface area contributed by atoms with Crippen LogP contribution in [0.25, 0.3) is 0 Å². The molecule has 0 amide bonds. The second kappa shape index (κ2) is 7.89. The molecule has 1 aromatic heterocycles. The normalized spacial score (nSPS) is 11.7. The van der Waals surface area contributed by atoms with Crippen molar-refractivity contribution in [2.75, 3.05) is 21.2 Å². The number of ether oxygens (including phenoxy) is 1. The largest absolute Gasteiger partial charge is 0.465 e.